The zero-order chi connectivity index (χ0) is 25.1. The summed E-state index contributed by atoms with van der Waals surface area (Å²) in [7, 11) is 3.47. The highest BCUT2D eigenvalue weighted by atomic mass is 35.5. The number of aromatic carboxylic acids is 1. The van der Waals surface area contributed by atoms with Crippen molar-refractivity contribution in [3.05, 3.63) is 64.7 Å². The fourth-order valence-electron chi connectivity index (χ4n) is 3.90. The van der Waals surface area contributed by atoms with Crippen LogP contribution in [-0.2, 0) is 4.79 Å². The number of halogens is 1. The van der Waals surface area contributed by atoms with Crippen molar-refractivity contribution in [3.8, 4) is 0 Å². The number of benzene rings is 2. The third-order valence-electron chi connectivity index (χ3n) is 5.94. The minimum absolute atomic E-state index is 0.0504. The van der Waals surface area contributed by atoms with E-state index in [-0.39, 0.29) is 17.4 Å². The zero-order valence-corrected chi connectivity index (χ0v) is 20.2. The van der Waals surface area contributed by atoms with Crippen LogP contribution in [0.2, 0.25) is 5.02 Å². The van der Waals surface area contributed by atoms with Gasteiger partial charge in [-0.05, 0) is 48.5 Å². The fourth-order valence-corrected chi connectivity index (χ4v) is 4.03. The number of hydrogen-bond donors (Lipinski definition) is 2. The van der Waals surface area contributed by atoms with Gasteiger partial charge in [0.05, 0.1) is 17.6 Å². The van der Waals surface area contributed by atoms with Gasteiger partial charge in [-0.3, -0.25) is 14.5 Å². The fraction of sp³-hybridized carbons (Fsp3) is 0.280. The van der Waals surface area contributed by atoms with Crippen LogP contribution in [0, 0.1) is 0 Å². The smallest absolute Gasteiger partial charge is 0.336 e. The van der Waals surface area contributed by atoms with E-state index in [9.17, 15) is 19.5 Å². The Hall–Kier alpha value is -3.69. The molecule has 1 aliphatic heterocycles. The molecule has 0 saturated carbocycles. The van der Waals surface area contributed by atoms with Crippen LogP contribution < -0.4 is 10.2 Å². The topological polar surface area (TPSA) is 106 Å². The third kappa shape index (κ3) is 5.70. The molecule has 0 aliphatic carbocycles. The van der Waals surface area contributed by atoms with Crippen LogP contribution >= 0.6 is 11.6 Å². The number of carboxylic acid groups (broad SMARTS) is 1. The average molecular weight is 496 g/mol. The molecule has 182 valence electrons. The van der Waals surface area contributed by atoms with Crippen LogP contribution in [0.15, 0.2) is 48.5 Å². The van der Waals surface area contributed by atoms with Crippen molar-refractivity contribution in [2.75, 3.05) is 57.0 Å². The minimum atomic E-state index is -1.07. The number of likely N-dealkylation sites (N-methyl/N-ethyl adjacent to an activating group) is 1. The van der Waals surface area contributed by atoms with Crippen molar-refractivity contribution < 1.29 is 19.5 Å². The summed E-state index contributed by atoms with van der Waals surface area (Å²) < 4.78 is 0. The molecule has 4 rings (SSSR count). The summed E-state index contributed by atoms with van der Waals surface area (Å²) in [6, 6.07) is 13.1. The third-order valence-corrected chi connectivity index (χ3v) is 6.20. The van der Waals surface area contributed by atoms with Crippen LogP contribution in [0.4, 0.5) is 11.5 Å². The Labute approximate surface area is 207 Å². The second kappa shape index (κ2) is 10.3. The lowest BCUT2D eigenvalue weighted by Gasteiger charge is -2.35. The van der Waals surface area contributed by atoms with Crippen molar-refractivity contribution in [2.45, 2.75) is 0 Å². The summed E-state index contributed by atoms with van der Waals surface area (Å²) in [5.74, 6) is -0.774. The van der Waals surface area contributed by atoms with Gasteiger partial charge in [0.15, 0.2) is 0 Å². The van der Waals surface area contributed by atoms with Crippen molar-refractivity contribution >= 4 is 51.8 Å². The Bertz CT molecular complexity index is 1270. The van der Waals surface area contributed by atoms with Crippen molar-refractivity contribution in [1.82, 2.24) is 14.8 Å². The highest BCUT2D eigenvalue weighted by molar-refractivity contribution is 6.30. The number of hydrogen-bond acceptors (Lipinski definition) is 6. The summed E-state index contributed by atoms with van der Waals surface area (Å²) in [5.41, 5.74) is 1.54. The van der Waals surface area contributed by atoms with E-state index in [1.807, 2.05) is 4.90 Å². The van der Waals surface area contributed by atoms with Gasteiger partial charge in [0, 0.05) is 61.9 Å². The second-order valence-electron chi connectivity index (χ2n) is 8.58. The number of nitrogens with zero attached hydrogens (tertiary/aromatic N) is 4. The molecule has 2 aromatic carbocycles. The number of amides is 2. The number of pyridine rings is 1. The maximum atomic E-state index is 12.6. The lowest BCUT2D eigenvalue weighted by molar-refractivity contribution is -0.129. The van der Waals surface area contributed by atoms with E-state index in [0.717, 1.165) is 0 Å². The van der Waals surface area contributed by atoms with Gasteiger partial charge in [-0.15, -0.1) is 0 Å². The van der Waals surface area contributed by atoms with Gasteiger partial charge >= 0.3 is 5.97 Å². The molecule has 0 spiro atoms. The molecule has 2 heterocycles. The molecule has 1 fully saturated rings. The van der Waals surface area contributed by atoms with Crippen molar-refractivity contribution in [2.24, 2.45) is 0 Å². The van der Waals surface area contributed by atoms with Crippen LogP contribution in [-0.4, -0.2) is 84.5 Å². The molecule has 0 unspecified atom stereocenters. The number of carbonyl (C=O) groups excluding carboxylic acids is 2. The van der Waals surface area contributed by atoms with E-state index in [1.165, 1.54) is 0 Å². The average Bonchev–Trinajstić information content (AvgIpc) is 2.84. The zero-order valence-electron chi connectivity index (χ0n) is 19.5. The SMILES string of the molecule is CN(C)C(=O)CN1CCN(c2cc(C(=O)O)c3cc(NC(=O)c4ccc(Cl)cc4)ccc3n2)CC1. The van der Waals surface area contributed by atoms with Gasteiger partial charge < -0.3 is 20.2 Å². The van der Waals surface area contributed by atoms with Gasteiger partial charge in [0.25, 0.3) is 5.91 Å². The number of anilines is 2. The number of fused-ring (bicyclic) bond motifs is 1. The molecular formula is C25H26ClN5O4. The number of nitrogens with one attached hydrogen (secondary N) is 1. The molecule has 2 N–H and O–H groups in total. The predicted molar refractivity (Wildman–Crippen MR) is 135 cm³/mol. The van der Waals surface area contributed by atoms with E-state index in [2.05, 4.69) is 15.2 Å². The summed E-state index contributed by atoms with van der Waals surface area (Å²) in [5, 5.41) is 13.6. The van der Waals surface area contributed by atoms with Crippen LogP contribution in [0.1, 0.15) is 20.7 Å². The molecule has 1 saturated heterocycles. The number of rotatable bonds is 6. The van der Waals surface area contributed by atoms with Gasteiger partial charge in [0.1, 0.15) is 5.82 Å². The van der Waals surface area contributed by atoms with Gasteiger partial charge in [-0.1, -0.05) is 11.6 Å². The van der Waals surface area contributed by atoms with E-state index >= 15 is 0 Å². The number of aromatic nitrogens is 1. The van der Waals surface area contributed by atoms with E-state index in [4.69, 9.17) is 11.6 Å². The molecular weight excluding hydrogens is 470 g/mol. The standard InChI is InChI=1S/C25H26ClN5O4/c1-29(2)23(32)15-30-9-11-31(12-10-30)22-14-20(25(34)35)19-13-18(7-8-21(19)28-22)27-24(33)16-3-5-17(26)6-4-16/h3-8,13-14H,9-12,15H2,1-2H3,(H,27,33)(H,34,35). The van der Waals surface area contributed by atoms with Gasteiger partial charge in [-0.25, -0.2) is 9.78 Å². The monoisotopic (exact) mass is 495 g/mol. The molecule has 0 atom stereocenters. The number of piperazine rings is 1. The number of carboxylic acids is 1. The summed E-state index contributed by atoms with van der Waals surface area (Å²) in [6.07, 6.45) is 0. The Morgan fingerprint density at radius 3 is 2.34 bits per heavy atom. The Morgan fingerprint density at radius 2 is 1.71 bits per heavy atom. The van der Waals surface area contributed by atoms with Crippen LogP contribution in [0.3, 0.4) is 0 Å². The molecule has 9 nitrogen and oxygen atoms in total. The Morgan fingerprint density at radius 1 is 1.03 bits per heavy atom. The first-order chi connectivity index (χ1) is 16.7. The Kier molecular flexibility index (Phi) is 7.18. The summed E-state index contributed by atoms with van der Waals surface area (Å²) in [4.78, 5) is 47.0. The lowest BCUT2D eigenvalue weighted by atomic mass is 10.1. The summed E-state index contributed by atoms with van der Waals surface area (Å²) >= 11 is 5.88. The maximum Gasteiger partial charge on any atom is 0.336 e. The highest BCUT2D eigenvalue weighted by Gasteiger charge is 2.22. The van der Waals surface area contributed by atoms with E-state index in [0.29, 0.717) is 65.7 Å². The van der Waals surface area contributed by atoms with Crippen LogP contribution in [0.25, 0.3) is 10.9 Å². The lowest BCUT2D eigenvalue weighted by Crippen LogP contribution is -2.49. The Balaban J connectivity index is 1.54. The normalized spacial score (nSPS) is 14.1. The number of carbonyl (C=O) groups is 3. The molecule has 1 aromatic heterocycles. The molecule has 2 amide bonds. The van der Waals surface area contributed by atoms with Crippen molar-refractivity contribution in [3.63, 3.8) is 0 Å². The first kappa shape index (κ1) is 24.4. The molecule has 10 heteroatoms. The predicted octanol–water partition coefficient (Wildman–Crippen LogP) is 3.05. The molecule has 1 aliphatic rings. The second-order valence-corrected chi connectivity index (χ2v) is 9.01. The van der Waals surface area contributed by atoms with E-state index < -0.39 is 5.97 Å². The molecule has 0 bridgehead atoms. The molecule has 3 aromatic rings. The minimum Gasteiger partial charge on any atom is -0.478 e. The van der Waals surface area contributed by atoms with Crippen molar-refractivity contribution in [1.29, 1.82) is 0 Å². The van der Waals surface area contributed by atoms with Gasteiger partial charge in [-0.2, -0.15) is 0 Å². The van der Waals surface area contributed by atoms with E-state index in [1.54, 1.807) is 67.5 Å². The first-order valence-electron chi connectivity index (χ1n) is 11.1. The molecule has 0 radical (unpaired) electrons. The maximum absolute atomic E-state index is 12.6. The molecule has 35 heavy (non-hydrogen) atoms. The summed E-state index contributed by atoms with van der Waals surface area (Å²) in [6.45, 7) is 2.98. The van der Waals surface area contributed by atoms with Gasteiger partial charge in [0.2, 0.25) is 5.91 Å². The first-order valence-corrected chi connectivity index (χ1v) is 11.5. The largest absolute Gasteiger partial charge is 0.478 e. The quantitative estimate of drug-likeness (QED) is 0.541. The van der Waals surface area contributed by atoms with Crippen LogP contribution in [0.5, 0.6) is 0 Å². The highest BCUT2D eigenvalue weighted by Crippen LogP contribution is 2.27.